The van der Waals surface area contributed by atoms with E-state index in [0.29, 0.717) is 6.54 Å². The van der Waals surface area contributed by atoms with Crippen molar-refractivity contribution < 1.29 is 4.79 Å². The molecule has 2 aromatic carbocycles. The van der Waals surface area contributed by atoms with Gasteiger partial charge in [-0.15, -0.1) is 0 Å². The van der Waals surface area contributed by atoms with E-state index >= 15 is 0 Å². The summed E-state index contributed by atoms with van der Waals surface area (Å²) in [7, 11) is 0. The summed E-state index contributed by atoms with van der Waals surface area (Å²) in [6, 6.07) is 19.7. The van der Waals surface area contributed by atoms with Crippen LogP contribution in [0.25, 0.3) is 0 Å². The van der Waals surface area contributed by atoms with Gasteiger partial charge in [0, 0.05) is 13.1 Å². The molecule has 1 fully saturated rings. The zero-order chi connectivity index (χ0) is 13.1. The Labute approximate surface area is 112 Å². The highest BCUT2D eigenvalue weighted by atomic mass is 16.2. The lowest BCUT2D eigenvalue weighted by atomic mass is 9.81. The standard InChI is InChI=1S/C16H16N2O/c19-15-16(18-12-11-17-15,13-7-3-1-4-8-13)14-9-5-2-6-10-14/h1-10,18H,11-12H2,(H,17,19). The van der Waals surface area contributed by atoms with Crippen LogP contribution in [0, 0.1) is 0 Å². The van der Waals surface area contributed by atoms with Crippen LogP contribution in [0.3, 0.4) is 0 Å². The molecule has 0 atom stereocenters. The molecule has 0 bridgehead atoms. The third-order valence-corrected chi connectivity index (χ3v) is 3.55. The fourth-order valence-corrected chi connectivity index (χ4v) is 2.65. The summed E-state index contributed by atoms with van der Waals surface area (Å²) in [6.07, 6.45) is 0. The van der Waals surface area contributed by atoms with Crippen LogP contribution < -0.4 is 10.6 Å². The molecule has 1 aliphatic heterocycles. The quantitative estimate of drug-likeness (QED) is 0.853. The van der Waals surface area contributed by atoms with E-state index in [-0.39, 0.29) is 5.91 Å². The minimum Gasteiger partial charge on any atom is -0.353 e. The smallest absolute Gasteiger partial charge is 0.249 e. The van der Waals surface area contributed by atoms with E-state index in [0.717, 1.165) is 17.7 Å². The van der Waals surface area contributed by atoms with Gasteiger partial charge in [-0.3, -0.25) is 10.1 Å². The number of amides is 1. The Morgan fingerprint density at radius 3 is 1.79 bits per heavy atom. The van der Waals surface area contributed by atoms with E-state index < -0.39 is 5.54 Å². The normalized spacial score (nSPS) is 17.8. The number of nitrogens with one attached hydrogen (secondary N) is 2. The van der Waals surface area contributed by atoms with Crippen molar-refractivity contribution in [1.29, 1.82) is 0 Å². The molecular formula is C16H16N2O. The van der Waals surface area contributed by atoms with Gasteiger partial charge in [0.2, 0.25) is 5.91 Å². The molecule has 19 heavy (non-hydrogen) atoms. The number of piperazine rings is 1. The maximum atomic E-state index is 12.5. The monoisotopic (exact) mass is 252 g/mol. The largest absolute Gasteiger partial charge is 0.353 e. The minimum atomic E-state index is -0.777. The molecule has 0 unspecified atom stereocenters. The first-order chi connectivity index (χ1) is 9.34. The number of hydrogen-bond acceptors (Lipinski definition) is 2. The third-order valence-electron chi connectivity index (χ3n) is 3.55. The van der Waals surface area contributed by atoms with Gasteiger partial charge in [0.1, 0.15) is 5.54 Å². The SMILES string of the molecule is O=C1NCCNC1(c1ccccc1)c1ccccc1. The molecule has 0 radical (unpaired) electrons. The van der Waals surface area contributed by atoms with Crippen LogP contribution in [0.15, 0.2) is 60.7 Å². The second-order valence-electron chi connectivity index (χ2n) is 4.66. The predicted molar refractivity (Wildman–Crippen MR) is 74.7 cm³/mol. The van der Waals surface area contributed by atoms with Crippen LogP contribution in [0.2, 0.25) is 0 Å². The summed E-state index contributed by atoms with van der Waals surface area (Å²) in [6.45, 7) is 1.43. The molecule has 2 aromatic rings. The van der Waals surface area contributed by atoms with Gasteiger partial charge >= 0.3 is 0 Å². The molecule has 1 aliphatic rings. The van der Waals surface area contributed by atoms with Crippen LogP contribution in [0.1, 0.15) is 11.1 Å². The first-order valence-electron chi connectivity index (χ1n) is 6.48. The Morgan fingerprint density at radius 1 is 0.789 bits per heavy atom. The average Bonchev–Trinajstić information content (AvgIpc) is 2.50. The van der Waals surface area contributed by atoms with Crippen LogP contribution >= 0.6 is 0 Å². The first-order valence-corrected chi connectivity index (χ1v) is 6.48. The van der Waals surface area contributed by atoms with Crippen LogP contribution in [0.4, 0.5) is 0 Å². The zero-order valence-electron chi connectivity index (χ0n) is 10.6. The van der Waals surface area contributed by atoms with E-state index in [1.807, 2.05) is 60.7 Å². The number of hydrogen-bond donors (Lipinski definition) is 2. The molecule has 3 nitrogen and oxygen atoms in total. The lowest BCUT2D eigenvalue weighted by Gasteiger charge is -2.38. The summed E-state index contributed by atoms with van der Waals surface area (Å²) in [5, 5.41) is 6.37. The molecule has 0 aromatic heterocycles. The maximum Gasteiger partial charge on any atom is 0.249 e. The van der Waals surface area contributed by atoms with Gasteiger partial charge in [0.25, 0.3) is 0 Å². The van der Waals surface area contributed by atoms with Gasteiger partial charge < -0.3 is 5.32 Å². The van der Waals surface area contributed by atoms with Crippen molar-refractivity contribution in [2.75, 3.05) is 13.1 Å². The van der Waals surface area contributed by atoms with Crippen molar-refractivity contribution in [3.05, 3.63) is 71.8 Å². The van der Waals surface area contributed by atoms with Crippen molar-refractivity contribution in [3.8, 4) is 0 Å². The molecule has 1 amide bonds. The van der Waals surface area contributed by atoms with Crippen molar-refractivity contribution in [2.45, 2.75) is 5.54 Å². The molecule has 3 heteroatoms. The topological polar surface area (TPSA) is 41.1 Å². The van der Waals surface area contributed by atoms with Gasteiger partial charge in [0.15, 0.2) is 0 Å². The lowest BCUT2D eigenvalue weighted by molar-refractivity contribution is -0.127. The zero-order valence-corrected chi connectivity index (χ0v) is 10.6. The highest BCUT2D eigenvalue weighted by Gasteiger charge is 2.43. The summed E-state index contributed by atoms with van der Waals surface area (Å²) >= 11 is 0. The van der Waals surface area contributed by atoms with Crippen LogP contribution in [-0.4, -0.2) is 19.0 Å². The van der Waals surface area contributed by atoms with Crippen molar-refractivity contribution >= 4 is 5.91 Å². The summed E-state index contributed by atoms with van der Waals surface area (Å²) in [5.41, 5.74) is 1.16. The maximum absolute atomic E-state index is 12.5. The fourth-order valence-electron chi connectivity index (χ4n) is 2.65. The Balaban J connectivity index is 2.19. The van der Waals surface area contributed by atoms with E-state index in [4.69, 9.17) is 0 Å². The first kappa shape index (κ1) is 11.9. The lowest BCUT2D eigenvalue weighted by Crippen LogP contribution is -2.61. The number of carbonyl (C=O) groups excluding carboxylic acids is 1. The van der Waals surface area contributed by atoms with E-state index in [1.165, 1.54) is 0 Å². The van der Waals surface area contributed by atoms with Crippen molar-refractivity contribution in [1.82, 2.24) is 10.6 Å². The molecule has 96 valence electrons. The molecule has 0 aliphatic carbocycles. The van der Waals surface area contributed by atoms with E-state index in [1.54, 1.807) is 0 Å². The number of benzene rings is 2. The molecule has 2 N–H and O–H groups in total. The Kier molecular flexibility index (Phi) is 3.05. The third kappa shape index (κ3) is 1.92. The number of carbonyl (C=O) groups is 1. The van der Waals surface area contributed by atoms with E-state index in [9.17, 15) is 4.79 Å². The Hall–Kier alpha value is -2.13. The summed E-state index contributed by atoms with van der Waals surface area (Å²) < 4.78 is 0. The second kappa shape index (κ2) is 4.86. The molecular weight excluding hydrogens is 236 g/mol. The molecule has 1 saturated heterocycles. The van der Waals surface area contributed by atoms with Crippen LogP contribution in [-0.2, 0) is 10.3 Å². The van der Waals surface area contributed by atoms with Crippen molar-refractivity contribution in [2.24, 2.45) is 0 Å². The van der Waals surface area contributed by atoms with Crippen LogP contribution in [0.5, 0.6) is 0 Å². The van der Waals surface area contributed by atoms with Crippen molar-refractivity contribution in [3.63, 3.8) is 0 Å². The second-order valence-corrected chi connectivity index (χ2v) is 4.66. The van der Waals surface area contributed by atoms with Gasteiger partial charge in [-0.05, 0) is 11.1 Å². The van der Waals surface area contributed by atoms with E-state index in [2.05, 4.69) is 10.6 Å². The summed E-state index contributed by atoms with van der Waals surface area (Å²) in [5.74, 6) is 0.0103. The average molecular weight is 252 g/mol. The molecule has 3 rings (SSSR count). The van der Waals surface area contributed by atoms with Gasteiger partial charge in [-0.1, -0.05) is 60.7 Å². The number of rotatable bonds is 2. The highest BCUT2D eigenvalue weighted by Crippen LogP contribution is 2.31. The highest BCUT2D eigenvalue weighted by molar-refractivity contribution is 5.92. The fraction of sp³-hybridized carbons (Fsp3) is 0.188. The molecule has 1 heterocycles. The Bertz CT molecular complexity index is 526. The van der Waals surface area contributed by atoms with Gasteiger partial charge in [-0.2, -0.15) is 0 Å². The minimum absolute atomic E-state index is 0.0103. The predicted octanol–water partition coefficient (Wildman–Crippen LogP) is 1.65. The molecule has 0 saturated carbocycles. The Morgan fingerprint density at radius 2 is 1.32 bits per heavy atom. The van der Waals surface area contributed by atoms with Gasteiger partial charge in [0.05, 0.1) is 0 Å². The van der Waals surface area contributed by atoms with Gasteiger partial charge in [-0.25, -0.2) is 0 Å². The summed E-state index contributed by atoms with van der Waals surface area (Å²) in [4.78, 5) is 12.5. The molecule has 0 spiro atoms.